The summed E-state index contributed by atoms with van der Waals surface area (Å²) in [6, 6.07) is 0. The highest BCUT2D eigenvalue weighted by Gasteiger charge is 1.96. The van der Waals surface area contributed by atoms with E-state index in [9.17, 15) is 0 Å². The Morgan fingerprint density at radius 2 is 0.526 bits per heavy atom. The molecule has 0 unspecified atom stereocenters. The van der Waals surface area contributed by atoms with Crippen LogP contribution in [0.1, 0.15) is 77.6 Å². The van der Waals surface area contributed by atoms with Crippen molar-refractivity contribution < 1.29 is 37.9 Å². The molecule has 0 saturated heterocycles. The molecule has 0 aliphatic rings. The molecule has 0 aromatic rings. The van der Waals surface area contributed by atoms with Crippen molar-refractivity contribution in [3.05, 3.63) is 0 Å². The summed E-state index contributed by atoms with van der Waals surface area (Å²) in [5.41, 5.74) is 5.33. The number of hydrogen-bond donors (Lipinski definition) is 1. The number of hydrogen-bond acceptors (Lipinski definition) is 9. The van der Waals surface area contributed by atoms with E-state index in [2.05, 4.69) is 6.92 Å². The van der Waals surface area contributed by atoms with Crippen LogP contribution in [0.15, 0.2) is 0 Å². The third-order valence-electron chi connectivity index (χ3n) is 5.76. The summed E-state index contributed by atoms with van der Waals surface area (Å²) in [6.45, 7) is 12.1. The van der Waals surface area contributed by atoms with Gasteiger partial charge in [-0.15, -0.1) is 0 Å². The molecule has 0 aliphatic carbocycles. The maximum atomic E-state index is 5.64. The van der Waals surface area contributed by atoms with Gasteiger partial charge in [0.1, 0.15) is 0 Å². The number of rotatable bonds is 35. The molecule has 0 amide bonds. The molecule has 2 N–H and O–H groups in total. The highest BCUT2D eigenvalue weighted by atomic mass is 16.6. The minimum absolute atomic E-state index is 0.535. The molecule has 0 aromatic heterocycles. The molecule has 0 saturated carbocycles. The van der Waals surface area contributed by atoms with Crippen molar-refractivity contribution in [2.45, 2.75) is 77.6 Å². The first kappa shape index (κ1) is 37.6. The molecule has 0 spiro atoms. The van der Waals surface area contributed by atoms with Crippen molar-refractivity contribution in [1.82, 2.24) is 0 Å². The second-order valence-electron chi connectivity index (χ2n) is 9.22. The third-order valence-corrected chi connectivity index (χ3v) is 5.76. The normalized spacial score (nSPS) is 11.5. The van der Waals surface area contributed by atoms with E-state index >= 15 is 0 Å². The molecule has 0 radical (unpaired) electrons. The average molecular weight is 552 g/mol. The number of nitrogens with two attached hydrogens (primary N) is 1. The monoisotopic (exact) mass is 551 g/mol. The predicted molar refractivity (Wildman–Crippen MR) is 152 cm³/mol. The van der Waals surface area contributed by atoms with Gasteiger partial charge in [-0.05, 0) is 6.42 Å². The maximum Gasteiger partial charge on any atom is 0.0701 e. The van der Waals surface area contributed by atoms with Crippen LogP contribution in [0.4, 0.5) is 0 Å². The number of unbranched alkanes of at least 4 members (excludes halogenated alkanes) is 10. The lowest BCUT2D eigenvalue weighted by Gasteiger charge is -2.08. The summed E-state index contributed by atoms with van der Waals surface area (Å²) in [5.74, 6) is 0. The maximum absolute atomic E-state index is 5.64. The zero-order valence-corrected chi connectivity index (χ0v) is 24.6. The summed E-state index contributed by atoms with van der Waals surface area (Å²) >= 11 is 0. The molecule has 0 aromatic carbocycles. The lowest BCUT2D eigenvalue weighted by Crippen LogP contribution is -2.15. The summed E-state index contributed by atoms with van der Waals surface area (Å²) in [5, 5.41) is 0. The molecule has 9 nitrogen and oxygen atoms in total. The lowest BCUT2D eigenvalue weighted by molar-refractivity contribution is -0.0230. The van der Waals surface area contributed by atoms with Gasteiger partial charge in [-0.1, -0.05) is 71.1 Å². The van der Waals surface area contributed by atoms with Crippen molar-refractivity contribution in [3.8, 4) is 0 Å². The summed E-state index contributed by atoms with van der Waals surface area (Å²) in [6.07, 6.45) is 14.9. The van der Waals surface area contributed by atoms with Gasteiger partial charge >= 0.3 is 0 Å². The van der Waals surface area contributed by atoms with E-state index in [4.69, 9.17) is 43.6 Å². The van der Waals surface area contributed by atoms with Gasteiger partial charge in [0.25, 0.3) is 0 Å². The van der Waals surface area contributed by atoms with E-state index in [1.807, 2.05) is 0 Å². The van der Waals surface area contributed by atoms with Crippen LogP contribution in [0.2, 0.25) is 0 Å². The van der Waals surface area contributed by atoms with Crippen LogP contribution in [0.3, 0.4) is 0 Å². The summed E-state index contributed by atoms with van der Waals surface area (Å²) in [4.78, 5) is 0. The second kappa shape index (κ2) is 36.6. The van der Waals surface area contributed by atoms with Gasteiger partial charge in [-0.25, -0.2) is 0 Å². The van der Waals surface area contributed by atoms with E-state index in [1.54, 1.807) is 0 Å². The SMILES string of the molecule is CCCCCCCCCCCCCOCCOCCOCCOCCOCCOCCOCCOCCN. The quantitative estimate of drug-likeness (QED) is 0.115. The van der Waals surface area contributed by atoms with Crippen molar-refractivity contribution in [3.63, 3.8) is 0 Å². The smallest absolute Gasteiger partial charge is 0.0701 e. The van der Waals surface area contributed by atoms with Gasteiger partial charge < -0.3 is 43.6 Å². The molecule has 0 bridgehead atoms. The Bertz CT molecular complexity index is 371. The average Bonchev–Trinajstić information content (AvgIpc) is 2.93. The van der Waals surface area contributed by atoms with Crippen LogP contribution < -0.4 is 5.73 Å². The van der Waals surface area contributed by atoms with E-state index in [-0.39, 0.29) is 0 Å². The highest BCUT2D eigenvalue weighted by Crippen LogP contribution is 2.11. The predicted octanol–water partition coefficient (Wildman–Crippen LogP) is 4.39. The van der Waals surface area contributed by atoms with E-state index in [0.29, 0.717) is 106 Å². The van der Waals surface area contributed by atoms with Crippen LogP contribution in [0.25, 0.3) is 0 Å². The molecule has 0 atom stereocenters. The first-order chi connectivity index (χ1) is 18.9. The van der Waals surface area contributed by atoms with Gasteiger partial charge in [0.05, 0.1) is 99.1 Å². The Labute approximate surface area is 233 Å². The zero-order chi connectivity index (χ0) is 27.5. The van der Waals surface area contributed by atoms with Crippen LogP contribution >= 0.6 is 0 Å². The zero-order valence-electron chi connectivity index (χ0n) is 24.6. The van der Waals surface area contributed by atoms with Gasteiger partial charge in [0, 0.05) is 13.2 Å². The third kappa shape index (κ3) is 35.6. The fourth-order valence-corrected chi connectivity index (χ4v) is 3.59. The molecule has 0 aliphatic heterocycles. The molecular formula is C29H61NO8. The lowest BCUT2D eigenvalue weighted by atomic mass is 10.1. The molecular weight excluding hydrogens is 490 g/mol. The van der Waals surface area contributed by atoms with Gasteiger partial charge in [-0.2, -0.15) is 0 Å². The fraction of sp³-hybridized carbons (Fsp3) is 1.00. The first-order valence-corrected chi connectivity index (χ1v) is 15.2. The van der Waals surface area contributed by atoms with Gasteiger partial charge in [-0.3, -0.25) is 0 Å². The van der Waals surface area contributed by atoms with Crippen LogP contribution in [0, 0.1) is 0 Å². The van der Waals surface area contributed by atoms with Gasteiger partial charge in [0.15, 0.2) is 0 Å². The summed E-state index contributed by atoms with van der Waals surface area (Å²) < 4.78 is 43.6. The molecule has 0 heterocycles. The van der Waals surface area contributed by atoms with Crippen molar-refractivity contribution in [2.24, 2.45) is 5.73 Å². The minimum atomic E-state index is 0.535. The van der Waals surface area contributed by atoms with E-state index < -0.39 is 0 Å². The van der Waals surface area contributed by atoms with E-state index in [1.165, 1.54) is 64.2 Å². The Balaban J connectivity index is 3.01. The van der Waals surface area contributed by atoms with E-state index in [0.717, 1.165) is 13.0 Å². The standard InChI is InChI=1S/C29H61NO8/c1-2-3-4-5-6-7-8-9-10-11-12-14-31-16-18-33-20-22-35-24-26-37-28-29-38-27-25-36-23-21-34-19-17-32-15-13-30/h2-30H2,1H3. The van der Waals surface area contributed by atoms with Gasteiger partial charge in [0.2, 0.25) is 0 Å². The fourth-order valence-electron chi connectivity index (χ4n) is 3.59. The minimum Gasteiger partial charge on any atom is -0.379 e. The Hall–Kier alpha value is -0.360. The molecule has 0 rings (SSSR count). The summed E-state index contributed by atoms with van der Waals surface area (Å²) in [7, 11) is 0. The molecule has 9 heteroatoms. The van der Waals surface area contributed by atoms with Crippen molar-refractivity contribution in [1.29, 1.82) is 0 Å². The first-order valence-electron chi connectivity index (χ1n) is 15.2. The molecule has 38 heavy (non-hydrogen) atoms. The van der Waals surface area contributed by atoms with Crippen LogP contribution in [-0.2, 0) is 37.9 Å². The molecule has 0 fully saturated rings. The largest absolute Gasteiger partial charge is 0.379 e. The molecule has 230 valence electrons. The Morgan fingerprint density at radius 1 is 0.289 bits per heavy atom. The topological polar surface area (TPSA) is 99.9 Å². The van der Waals surface area contributed by atoms with Crippen LogP contribution in [0.5, 0.6) is 0 Å². The van der Waals surface area contributed by atoms with Crippen molar-refractivity contribution in [2.75, 3.05) is 112 Å². The second-order valence-corrected chi connectivity index (χ2v) is 9.22. The number of ether oxygens (including phenoxy) is 8. The van der Waals surface area contributed by atoms with Crippen LogP contribution in [-0.4, -0.2) is 112 Å². The Morgan fingerprint density at radius 3 is 0.816 bits per heavy atom. The highest BCUT2D eigenvalue weighted by molar-refractivity contribution is 4.48. The van der Waals surface area contributed by atoms with Crippen molar-refractivity contribution >= 4 is 0 Å². The Kier molecular flexibility index (Phi) is 36.3.